The van der Waals surface area contributed by atoms with E-state index in [2.05, 4.69) is 15.3 Å². The molecule has 4 aromatic rings. The van der Waals surface area contributed by atoms with Crippen molar-refractivity contribution < 1.29 is 18.7 Å². The number of halogens is 1. The van der Waals surface area contributed by atoms with Crippen molar-refractivity contribution in [3.05, 3.63) is 89.1 Å². The summed E-state index contributed by atoms with van der Waals surface area (Å²) < 4.78 is 18.5. The van der Waals surface area contributed by atoms with Gasteiger partial charge in [0.2, 0.25) is 0 Å². The highest BCUT2D eigenvalue weighted by molar-refractivity contribution is 5.97. The van der Waals surface area contributed by atoms with Crippen LogP contribution in [-0.2, 0) is 11.3 Å². The van der Waals surface area contributed by atoms with Crippen LogP contribution in [0.1, 0.15) is 39.0 Å². The first kappa shape index (κ1) is 21.2. The maximum atomic E-state index is 13.4. The molecule has 0 saturated heterocycles. The van der Waals surface area contributed by atoms with E-state index < -0.39 is 5.97 Å². The summed E-state index contributed by atoms with van der Waals surface area (Å²) in [5.41, 5.74) is 4.54. The van der Waals surface area contributed by atoms with E-state index in [9.17, 15) is 14.0 Å². The number of hydrogen-bond donors (Lipinski definition) is 2. The highest BCUT2D eigenvalue weighted by atomic mass is 19.1. The summed E-state index contributed by atoms with van der Waals surface area (Å²) in [6.45, 7) is 4.03. The Bertz CT molecular complexity index is 1310. The van der Waals surface area contributed by atoms with Gasteiger partial charge in [-0.1, -0.05) is 18.2 Å². The molecule has 4 rings (SSSR count). The van der Waals surface area contributed by atoms with Crippen molar-refractivity contribution in [2.45, 2.75) is 20.4 Å². The number of carbonyl (C=O) groups excluding carboxylic acids is 2. The Morgan fingerprint density at radius 3 is 2.66 bits per heavy atom. The summed E-state index contributed by atoms with van der Waals surface area (Å²) >= 11 is 0. The number of H-pyrrole nitrogens is 1. The highest BCUT2D eigenvalue weighted by Crippen LogP contribution is 2.25. The lowest BCUT2D eigenvalue weighted by Crippen LogP contribution is -2.23. The summed E-state index contributed by atoms with van der Waals surface area (Å²) in [6, 6.07) is 15.7. The molecule has 0 aliphatic rings. The number of hydrogen-bond acceptors (Lipinski definition) is 4. The molecule has 0 fully saturated rings. The molecule has 2 aromatic carbocycles. The molecular formula is C25H22FN3O3. The lowest BCUT2D eigenvalue weighted by atomic mass is 10.0. The average Bonchev–Trinajstić information content (AvgIpc) is 3.23. The molecule has 2 heterocycles. The largest absolute Gasteiger partial charge is 0.461 e. The van der Waals surface area contributed by atoms with Crippen LogP contribution < -0.4 is 5.32 Å². The molecule has 2 N–H and O–H groups in total. The van der Waals surface area contributed by atoms with Crippen LogP contribution in [0.4, 0.5) is 4.39 Å². The smallest absolute Gasteiger partial charge is 0.354 e. The fraction of sp³-hybridized carbons (Fsp3) is 0.160. The van der Waals surface area contributed by atoms with Gasteiger partial charge in [0.05, 0.1) is 6.61 Å². The molecule has 0 aliphatic heterocycles. The Balaban J connectivity index is 1.52. The van der Waals surface area contributed by atoms with Gasteiger partial charge in [0, 0.05) is 23.6 Å². The highest BCUT2D eigenvalue weighted by Gasteiger charge is 2.13. The van der Waals surface area contributed by atoms with Gasteiger partial charge in [-0.15, -0.1) is 0 Å². The van der Waals surface area contributed by atoms with Gasteiger partial charge in [0.25, 0.3) is 5.91 Å². The van der Waals surface area contributed by atoms with Crippen LogP contribution in [0, 0.1) is 12.7 Å². The van der Waals surface area contributed by atoms with Crippen molar-refractivity contribution in [3.8, 4) is 11.1 Å². The molecule has 162 valence electrons. The number of ether oxygens (including phenoxy) is 1. The van der Waals surface area contributed by atoms with Gasteiger partial charge in [-0.3, -0.25) is 9.78 Å². The van der Waals surface area contributed by atoms with E-state index in [1.54, 1.807) is 44.3 Å². The standard InChI is InChI=1S/C25H22FN3O3/c1-3-32-25(31)23-13-19-11-17(5-7-21(19)29-23)18-8-9-27-22(12-18)24(30)28-14-16-4-6-20(26)15(2)10-16/h4-13,29H,3,14H2,1-2H3,(H,28,30). The number of aromatic amines is 1. The van der Waals surface area contributed by atoms with Crippen molar-refractivity contribution in [2.75, 3.05) is 6.61 Å². The summed E-state index contributed by atoms with van der Waals surface area (Å²) in [6.07, 6.45) is 1.58. The molecule has 0 unspecified atom stereocenters. The Kier molecular flexibility index (Phi) is 5.98. The maximum Gasteiger partial charge on any atom is 0.354 e. The number of aromatic nitrogens is 2. The van der Waals surface area contributed by atoms with Gasteiger partial charge in [0.1, 0.15) is 17.2 Å². The molecule has 0 spiro atoms. The van der Waals surface area contributed by atoms with E-state index in [1.807, 2.05) is 24.3 Å². The minimum Gasteiger partial charge on any atom is -0.461 e. The molecule has 0 radical (unpaired) electrons. The summed E-state index contributed by atoms with van der Waals surface area (Å²) in [5.74, 6) is -0.992. The lowest BCUT2D eigenvalue weighted by Gasteiger charge is -2.08. The van der Waals surface area contributed by atoms with E-state index in [0.717, 1.165) is 27.6 Å². The molecule has 0 atom stereocenters. The number of aryl methyl sites for hydroxylation is 1. The molecule has 1 amide bonds. The zero-order valence-electron chi connectivity index (χ0n) is 17.7. The third-order valence-corrected chi connectivity index (χ3v) is 5.12. The van der Waals surface area contributed by atoms with Crippen LogP contribution in [0.2, 0.25) is 0 Å². The first-order valence-electron chi connectivity index (χ1n) is 10.2. The van der Waals surface area contributed by atoms with Crippen molar-refractivity contribution >= 4 is 22.8 Å². The molecule has 0 saturated carbocycles. The summed E-state index contributed by atoms with van der Waals surface area (Å²) in [4.78, 5) is 31.8. The number of esters is 1. The van der Waals surface area contributed by atoms with Crippen LogP contribution in [0.25, 0.3) is 22.0 Å². The number of nitrogens with zero attached hydrogens (tertiary/aromatic N) is 1. The third-order valence-electron chi connectivity index (χ3n) is 5.12. The number of nitrogens with one attached hydrogen (secondary N) is 2. The topological polar surface area (TPSA) is 84.1 Å². The average molecular weight is 431 g/mol. The van der Waals surface area contributed by atoms with E-state index in [1.165, 1.54) is 6.07 Å². The molecule has 2 aromatic heterocycles. The molecule has 6 nitrogen and oxygen atoms in total. The van der Waals surface area contributed by atoms with Crippen LogP contribution in [-0.4, -0.2) is 28.5 Å². The molecule has 32 heavy (non-hydrogen) atoms. The monoisotopic (exact) mass is 431 g/mol. The number of pyridine rings is 1. The normalized spacial score (nSPS) is 10.8. The maximum absolute atomic E-state index is 13.4. The first-order valence-corrected chi connectivity index (χ1v) is 10.2. The second-order valence-electron chi connectivity index (χ2n) is 7.40. The molecule has 7 heteroatoms. The van der Waals surface area contributed by atoms with Crippen molar-refractivity contribution in [1.82, 2.24) is 15.3 Å². The number of amides is 1. The molecule has 0 aliphatic carbocycles. The molecular weight excluding hydrogens is 409 g/mol. The van der Waals surface area contributed by atoms with Crippen LogP contribution in [0.3, 0.4) is 0 Å². The van der Waals surface area contributed by atoms with Crippen LogP contribution in [0.5, 0.6) is 0 Å². The molecule has 0 bridgehead atoms. The predicted octanol–water partition coefficient (Wildman–Crippen LogP) is 4.78. The number of fused-ring (bicyclic) bond motifs is 1. The van der Waals surface area contributed by atoms with E-state index in [-0.39, 0.29) is 24.0 Å². The fourth-order valence-electron chi connectivity index (χ4n) is 3.45. The SMILES string of the molecule is CCOC(=O)c1cc2cc(-c3ccnc(C(=O)NCc4ccc(F)c(C)c4)c3)ccc2[nH]1. The zero-order chi connectivity index (χ0) is 22.7. The van der Waals surface area contributed by atoms with Gasteiger partial charge < -0.3 is 15.0 Å². The first-order chi connectivity index (χ1) is 15.4. The van der Waals surface area contributed by atoms with Crippen molar-refractivity contribution in [3.63, 3.8) is 0 Å². The second kappa shape index (κ2) is 9.01. The Morgan fingerprint density at radius 1 is 1.06 bits per heavy atom. The van der Waals surface area contributed by atoms with E-state index in [4.69, 9.17) is 4.74 Å². The fourth-order valence-corrected chi connectivity index (χ4v) is 3.45. The zero-order valence-corrected chi connectivity index (χ0v) is 17.7. The lowest BCUT2D eigenvalue weighted by molar-refractivity contribution is 0.0520. The van der Waals surface area contributed by atoms with Gasteiger partial charge in [0.15, 0.2) is 0 Å². The second-order valence-corrected chi connectivity index (χ2v) is 7.40. The van der Waals surface area contributed by atoms with Crippen molar-refractivity contribution in [2.24, 2.45) is 0 Å². The third kappa shape index (κ3) is 4.51. The Hall–Kier alpha value is -4.00. The van der Waals surface area contributed by atoms with E-state index in [0.29, 0.717) is 17.9 Å². The predicted molar refractivity (Wildman–Crippen MR) is 120 cm³/mol. The van der Waals surface area contributed by atoms with Gasteiger partial charge >= 0.3 is 5.97 Å². The van der Waals surface area contributed by atoms with Crippen molar-refractivity contribution in [1.29, 1.82) is 0 Å². The van der Waals surface area contributed by atoms with Crippen LogP contribution >= 0.6 is 0 Å². The summed E-state index contributed by atoms with van der Waals surface area (Å²) in [7, 11) is 0. The van der Waals surface area contributed by atoms with Crippen LogP contribution in [0.15, 0.2) is 60.8 Å². The quantitative estimate of drug-likeness (QED) is 0.430. The van der Waals surface area contributed by atoms with Gasteiger partial charge in [-0.05, 0) is 72.5 Å². The summed E-state index contributed by atoms with van der Waals surface area (Å²) in [5, 5.41) is 3.68. The Labute approximate surface area is 184 Å². The van der Waals surface area contributed by atoms with E-state index >= 15 is 0 Å². The Morgan fingerprint density at radius 2 is 1.88 bits per heavy atom. The van der Waals surface area contributed by atoms with Gasteiger partial charge in [-0.25, -0.2) is 9.18 Å². The number of carbonyl (C=O) groups is 2. The number of rotatable bonds is 6. The number of benzene rings is 2. The van der Waals surface area contributed by atoms with Gasteiger partial charge in [-0.2, -0.15) is 0 Å². The minimum absolute atomic E-state index is 0.275. The minimum atomic E-state index is -0.399.